The molecule has 18 heavy (non-hydrogen) atoms. The van der Waals surface area contributed by atoms with Crippen molar-refractivity contribution in [2.45, 2.75) is 11.0 Å². The summed E-state index contributed by atoms with van der Waals surface area (Å²) in [5.74, 6) is 0. The van der Waals surface area contributed by atoms with Crippen LogP contribution in [0.4, 0.5) is 0 Å². The molecule has 0 amide bonds. The minimum atomic E-state index is -3.52. The lowest BCUT2D eigenvalue weighted by molar-refractivity contribution is -0.0846. The van der Waals surface area contributed by atoms with Crippen LogP contribution in [0.25, 0.3) is 0 Å². The Morgan fingerprint density at radius 3 is 2.78 bits per heavy atom. The van der Waals surface area contributed by atoms with Gasteiger partial charge in [0.2, 0.25) is 10.0 Å². The summed E-state index contributed by atoms with van der Waals surface area (Å²) < 4.78 is 37.8. The molecule has 1 N–H and O–H groups in total. The smallest absolute Gasteiger partial charge is 0.241 e. The highest BCUT2D eigenvalue weighted by Crippen LogP contribution is 2.20. The molecule has 0 radical (unpaired) electrons. The molecule has 0 bridgehead atoms. The Labute approximate surface area is 115 Å². The van der Waals surface area contributed by atoms with Gasteiger partial charge in [-0.3, -0.25) is 0 Å². The van der Waals surface area contributed by atoms with E-state index in [2.05, 4.69) is 20.7 Å². The van der Waals surface area contributed by atoms with Crippen molar-refractivity contribution in [1.29, 1.82) is 0 Å². The quantitative estimate of drug-likeness (QED) is 0.896. The summed E-state index contributed by atoms with van der Waals surface area (Å²) in [5.41, 5.74) is 0. The first kappa shape index (κ1) is 14.0. The number of nitrogens with one attached hydrogen (secondary N) is 1. The third kappa shape index (κ3) is 3.52. The van der Waals surface area contributed by atoms with Crippen LogP contribution in [0, 0.1) is 0 Å². The molecule has 1 fully saturated rings. The molecule has 1 heterocycles. The predicted molar refractivity (Wildman–Crippen MR) is 69.9 cm³/mol. The molecule has 0 spiro atoms. The number of sulfonamides is 1. The molecular formula is C11H14BrNO4S. The standard InChI is InChI=1S/C11H14BrNO4S/c12-10-3-1-2-4-11(10)18(14,15)13-7-9-8-16-5-6-17-9/h1-4,9,13H,5-8H2. The normalized spacial score (nSPS) is 20.8. The number of ether oxygens (including phenoxy) is 2. The molecule has 0 aliphatic carbocycles. The van der Waals surface area contributed by atoms with Gasteiger partial charge in [0, 0.05) is 11.0 Å². The van der Waals surface area contributed by atoms with E-state index in [1.165, 1.54) is 0 Å². The lowest BCUT2D eigenvalue weighted by atomic mass is 10.3. The zero-order valence-electron chi connectivity index (χ0n) is 9.63. The van der Waals surface area contributed by atoms with Crippen LogP contribution in [-0.2, 0) is 19.5 Å². The highest BCUT2D eigenvalue weighted by atomic mass is 79.9. The molecule has 2 rings (SSSR count). The number of halogens is 1. The van der Waals surface area contributed by atoms with Gasteiger partial charge >= 0.3 is 0 Å². The van der Waals surface area contributed by atoms with E-state index >= 15 is 0 Å². The second kappa shape index (κ2) is 6.12. The minimum Gasteiger partial charge on any atom is -0.376 e. The molecule has 1 atom stereocenters. The molecule has 100 valence electrons. The van der Waals surface area contributed by atoms with Gasteiger partial charge in [0.25, 0.3) is 0 Å². The number of hydrogen-bond donors (Lipinski definition) is 1. The average molecular weight is 336 g/mol. The van der Waals surface area contributed by atoms with Gasteiger partial charge in [0.05, 0.1) is 30.8 Å². The van der Waals surface area contributed by atoms with Gasteiger partial charge in [0.15, 0.2) is 0 Å². The Hall–Kier alpha value is -0.470. The number of rotatable bonds is 4. The summed E-state index contributed by atoms with van der Waals surface area (Å²) in [6.45, 7) is 1.69. The fourth-order valence-electron chi connectivity index (χ4n) is 1.60. The van der Waals surface area contributed by atoms with E-state index in [-0.39, 0.29) is 17.5 Å². The fraction of sp³-hybridized carbons (Fsp3) is 0.455. The van der Waals surface area contributed by atoms with Crippen LogP contribution in [0.5, 0.6) is 0 Å². The van der Waals surface area contributed by atoms with Crippen molar-refractivity contribution in [3.63, 3.8) is 0 Å². The largest absolute Gasteiger partial charge is 0.376 e. The van der Waals surface area contributed by atoms with E-state index in [1.807, 2.05) is 0 Å². The van der Waals surface area contributed by atoms with Gasteiger partial charge in [-0.05, 0) is 28.1 Å². The van der Waals surface area contributed by atoms with E-state index in [9.17, 15) is 8.42 Å². The Morgan fingerprint density at radius 1 is 1.33 bits per heavy atom. The maximum Gasteiger partial charge on any atom is 0.241 e. The Balaban J connectivity index is 2.01. The van der Waals surface area contributed by atoms with Crippen LogP contribution in [0.3, 0.4) is 0 Å². The molecule has 1 aliphatic rings. The molecule has 1 aliphatic heterocycles. The van der Waals surface area contributed by atoms with Crippen LogP contribution in [0.15, 0.2) is 33.6 Å². The monoisotopic (exact) mass is 335 g/mol. The SMILES string of the molecule is O=S(=O)(NCC1COCCO1)c1ccccc1Br. The molecule has 5 nitrogen and oxygen atoms in total. The average Bonchev–Trinajstić information content (AvgIpc) is 2.38. The predicted octanol–water partition coefficient (Wildman–Crippen LogP) is 1.14. The van der Waals surface area contributed by atoms with E-state index in [0.717, 1.165) is 0 Å². The second-order valence-corrected chi connectivity index (χ2v) is 6.44. The van der Waals surface area contributed by atoms with E-state index < -0.39 is 10.0 Å². The van der Waals surface area contributed by atoms with Crippen molar-refractivity contribution < 1.29 is 17.9 Å². The van der Waals surface area contributed by atoms with Gasteiger partial charge in [-0.1, -0.05) is 12.1 Å². The van der Waals surface area contributed by atoms with Crippen molar-refractivity contribution in [2.24, 2.45) is 0 Å². The Bertz CT molecular complexity index is 500. The number of hydrogen-bond acceptors (Lipinski definition) is 4. The van der Waals surface area contributed by atoms with Gasteiger partial charge in [-0.25, -0.2) is 13.1 Å². The van der Waals surface area contributed by atoms with E-state index in [1.54, 1.807) is 24.3 Å². The molecule has 1 aromatic rings. The van der Waals surface area contributed by atoms with Gasteiger partial charge in [-0.15, -0.1) is 0 Å². The maximum atomic E-state index is 12.1. The van der Waals surface area contributed by atoms with Crippen molar-refractivity contribution in [2.75, 3.05) is 26.4 Å². The van der Waals surface area contributed by atoms with Crippen LogP contribution in [0.1, 0.15) is 0 Å². The molecule has 0 saturated carbocycles. The zero-order chi connectivity index (χ0) is 13.0. The molecule has 1 unspecified atom stereocenters. The Kier molecular flexibility index (Phi) is 4.74. The lowest BCUT2D eigenvalue weighted by Crippen LogP contribution is -2.39. The first-order valence-electron chi connectivity index (χ1n) is 5.53. The van der Waals surface area contributed by atoms with Crippen LogP contribution in [-0.4, -0.2) is 40.9 Å². The number of benzene rings is 1. The summed E-state index contributed by atoms with van der Waals surface area (Å²) in [6, 6.07) is 6.68. The summed E-state index contributed by atoms with van der Waals surface area (Å²) in [4.78, 5) is 0.224. The summed E-state index contributed by atoms with van der Waals surface area (Å²) >= 11 is 3.22. The molecule has 1 aromatic carbocycles. The third-order valence-corrected chi connectivity index (χ3v) is 4.95. The third-order valence-electron chi connectivity index (χ3n) is 2.51. The van der Waals surface area contributed by atoms with Crippen molar-refractivity contribution in [1.82, 2.24) is 4.72 Å². The zero-order valence-corrected chi connectivity index (χ0v) is 12.0. The second-order valence-electron chi connectivity index (χ2n) is 3.85. The summed E-state index contributed by atoms with van der Waals surface area (Å²) in [5, 5.41) is 0. The van der Waals surface area contributed by atoms with Crippen molar-refractivity contribution in [3.05, 3.63) is 28.7 Å². The first-order valence-corrected chi connectivity index (χ1v) is 7.81. The maximum absolute atomic E-state index is 12.1. The Morgan fingerprint density at radius 2 is 2.11 bits per heavy atom. The summed E-state index contributed by atoms with van der Waals surface area (Å²) in [7, 11) is -3.52. The molecule has 7 heteroatoms. The van der Waals surface area contributed by atoms with Crippen LogP contribution >= 0.6 is 15.9 Å². The van der Waals surface area contributed by atoms with E-state index in [0.29, 0.717) is 24.3 Å². The molecule has 1 saturated heterocycles. The fourth-order valence-corrected chi connectivity index (χ4v) is 3.66. The molecular weight excluding hydrogens is 322 g/mol. The summed E-state index contributed by atoms with van der Waals surface area (Å²) in [6.07, 6.45) is -0.226. The van der Waals surface area contributed by atoms with Gasteiger partial charge in [0.1, 0.15) is 0 Å². The molecule has 0 aromatic heterocycles. The van der Waals surface area contributed by atoms with E-state index in [4.69, 9.17) is 9.47 Å². The van der Waals surface area contributed by atoms with Crippen molar-refractivity contribution in [3.8, 4) is 0 Å². The van der Waals surface area contributed by atoms with Crippen LogP contribution < -0.4 is 4.72 Å². The lowest BCUT2D eigenvalue weighted by Gasteiger charge is -2.23. The van der Waals surface area contributed by atoms with Crippen molar-refractivity contribution >= 4 is 26.0 Å². The highest BCUT2D eigenvalue weighted by Gasteiger charge is 2.20. The first-order chi connectivity index (χ1) is 8.59. The van der Waals surface area contributed by atoms with Gasteiger partial charge < -0.3 is 9.47 Å². The van der Waals surface area contributed by atoms with Gasteiger partial charge in [-0.2, -0.15) is 0 Å². The highest BCUT2D eigenvalue weighted by molar-refractivity contribution is 9.10. The topological polar surface area (TPSA) is 64.6 Å². The minimum absolute atomic E-state index is 0.212. The van der Waals surface area contributed by atoms with Crippen LogP contribution in [0.2, 0.25) is 0 Å².